The number of alkyl halides is 1. The van der Waals surface area contributed by atoms with Gasteiger partial charge in [0.05, 0.1) is 30.6 Å². The van der Waals surface area contributed by atoms with Crippen LogP contribution in [0.3, 0.4) is 0 Å². The van der Waals surface area contributed by atoms with E-state index in [0.717, 1.165) is 23.2 Å². The molecule has 1 aromatic rings. The van der Waals surface area contributed by atoms with Gasteiger partial charge >= 0.3 is 0 Å². The highest BCUT2D eigenvalue weighted by Crippen LogP contribution is 2.61. The van der Waals surface area contributed by atoms with Crippen molar-refractivity contribution in [2.45, 2.75) is 69.2 Å². The molecule has 0 saturated carbocycles. The molecule has 8 nitrogen and oxygen atoms in total. The molecule has 1 N–H and O–H groups in total. The Balaban J connectivity index is 1.84. The molecule has 1 spiro atoms. The number of aliphatic hydroxyl groups excluding tert-OH is 1. The molecule has 0 radical (unpaired) electrons. The van der Waals surface area contributed by atoms with Crippen LogP contribution >= 0.6 is 15.9 Å². The Morgan fingerprint density at radius 2 is 1.87 bits per heavy atom. The number of carbonyl (C=O) groups is 3. The lowest BCUT2D eigenvalue weighted by molar-refractivity contribution is -0.147. The third kappa shape index (κ3) is 4.66. The Hall–Kier alpha value is -2.49. The Labute approximate surface area is 239 Å². The van der Waals surface area contributed by atoms with Crippen molar-refractivity contribution in [3.8, 4) is 0 Å². The first-order chi connectivity index (χ1) is 18.6. The summed E-state index contributed by atoms with van der Waals surface area (Å²) in [5, 5.41) is 10.2. The Morgan fingerprint density at radius 1 is 1.23 bits per heavy atom. The van der Waals surface area contributed by atoms with Crippen LogP contribution in [-0.4, -0.2) is 87.5 Å². The normalized spacial score (nSPS) is 29.7. The number of hydrogen-bond donors (Lipinski definition) is 1. The first-order valence-corrected chi connectivity index (χ1v) is 14.6. The van der Waals surface area contributed by atoms with Gasteiger partial charge in [-0.15, -0.1) is 13.2 Å². The molecule has 3 heterocycles. The summed E-state index contributed by atoms with van der Waals surface area (Å²) in [7, 11) is 0. The smallest absolute Gasteiger partial charge is 0.253 e. The molecular weight excluding hydrogens is 562 g/mol. The summed E-state index contributed by atoms with van der Waals surface area (Å²) in [5.41, 5.74) is 1.42. The summed E-state index contributed by atoms with van der Waals surface area (Å²) >= 11 is 3.73. The second kappa shape index (κ2) is 11.6. The van der Waals surface area contributed by atoms with E-state index in [1.807, 2.05) is 39.0 Å². The number of fused-ring (bicyclic) bond motifs is 1. The minimum absolute atomic E-state index is 0.159. The number of rotatable bonds is 11. The molecule has 3 unspecified atom stereocenters. The number of halogens is 1. The average molecular weight is 603 g/mol. The molecule has 7 atom stereocenters. The van der Waals surface area contributed by atoms with E-state index in [2.05, 4.69) is 29.1 Å². The van der Waals surface area contributed by atoms with E-state index in [0.29, 0.717) is 19.5 Å². The van der Waals surface area contributed by atoms with Crippen LogP contribution in [0.15, 0.2) is 43.5 Å². The largest absolute Gasteiger partial charge is 0.394 e. The van der Waals surface area contributed by atoms with Crippen LogP contribution in [0.5, 0.6) is 0 Å². The van der Waals surface area contributed by atoms with Crippen molar-refractivity contribution in [1.29, 1.82) is 0 Å². The van der Waals surface area contributed by atoms with Crippen molar-refractivity contribution in [3.05, 3.63) is 54.6 Å². The lowest BCUT2D eigenvalue weighted by atomic mass is 9.70. The summed E-state index contributed by atoms with van der Waals surface area (Å²) in [4.78, 5) is 47.5. The number of para-hydroxylation sites is 1. The Bertz CT molecular complexity index is 1140. The highest BCUT2D eigenvalue weighted by molar-refractivity contribution is 9.09. The van der Waals surface area contributed by atoms with E-state index in [1.165, 1.54) is 4.90 Å². The average Bonchev–Trinajstić information content (AvgIpc) is 3.50. The van der Waals surface area contributed by atoms with Crippen LogP contribution in [-0.2, 0) is 19.1 Å². The van der Waals surface area contributed by atoms with E-state index < -0.39 is 35.6 Å². The predicted octanol–water partition coefficient (Wildman–Crippen LogP) is 3.38. The van der Waals surface area contributed by atoms with E-state index in [9.17, 15) is 19.5 Å². The minimum Gasteiger partial charge on any atom is -0.394 e. The SMILES string of the molecule is C=CCN(CCC)C(=O)[C@H]1[C@H]2C(=O)N([C@H](C)CO)C(C(=O)N(CC=C)c3c(C)cccc3C)C23CC(Br)[C@@H]1O3. The van der Waals surface area contributed by atoms with Gasteiger partial charge in [0, 0.05) is 30.1 Å². The number of hydrogen-bond acceptors (Lipinski definition) is 5. The Morgan fingerprint density at radius 3 is 2.44 bits per heavy atom. The summed E-state index contributed by atoms with van der Waals surface area (Å²) in [6.45, 7) is 16.1. The van der Waals surface area contributed by atoms with Crippen LogP contribution in [0.4, 0.5) is 5.69 Å². The highest BCUT2D eigenvalue weighted by atomic mass is 79.9. The van der Waals surface area contributed by atoms with Gasteiger partial charge < -0.3 is 24.5 Å². The van der Waals surface area contributed by atoms with Crippen molar-refractivity contribution in [3.63, 3.8) is 0 Å². The molecule has 0 aromatic heterocycles. The molecule has 3 saturated heterocycles. The van der Waals surface area contributed by atoms with Crippen LogP contribution < -0.4 is 4.90 Å². The molecular formula is C30H40BrN3O5. The zero-order valence-corrected chi connectivity index (χ0v) is 24.9. The first kappa shape index (κ1) is 29.5. The van der Waals surface area contributed by atoms with Gasteiger partial charge in [-0.3, -0.25) is 14.4 Å². The number of amides is 3. The fourth-order valence-corrected chi connectivity index (χ4v) is 7.86. The second-order valence-electron chi connectivity index (χ2n) is 11.0. The van der Waals surface area contributed by atoms with Crippen LogP contribution in [0.1, 0.15) is 37.8 Å². The maximum atomic E-state index is 14.7. The van der Waals surface area contributed by atoms with Gasteiger partial charge in [-0.2, -0.15) is 0 Å². The molecule has 0 aliphatic carbocycles. The van der Waals surface area contributed by atoms with Crippen molar-refractivity contribution in [2.24, 2.45) is 11.8 Å². The number of ether oxygens (including phenoxy) is 1. The van der Waals surface area contributed by atoms with Gasteiger partial charge in [0.15, 0.2) is 0 Å². The number of aryl methyl sites for hydroxylation is 2. The predicted molar refractivity (Wildman–Crippen MR) is 155 cm³/mol. The number of carbonyl (C=O) groups excluding carboxylic acids is 3. The van der Waals surface area contributed by atoms with Crippen molar-refractivity contribution in [2.75, 3.05) is 31.1 Å². The topological polar surface area (TPSA) is 90.4 Å². The van der Waals surface area contributed by atoms with E-state index in [1.54, 1.807) is 28.9 Å². The van der Waals surface area contributed by atoms with Crippen molar-refractivity contribution >= 4 is 39.3 Å². The summed E-state index contributed by atoms with van der Waals surface area (Å²) in [6, 6.07) is 4.20. The monoisotopic (exact) mass is 601 g/mol. The zero-order chi connectivity index (χ0) is 28.6. The molecule has 39 heavy (non-hydrogen) atoms. The molecule has 2 bridgehead atoms. The number of aliphatic hydroxyl groups is 1. The Kier molecular flexibility index (Phi) is 8.73. The molecule has 3 amide bonds. The quantitative estimate of drug-likeness (QED) is 0.310. The van der Waals surface area contributed by atoms with Gasteiger partial charge in [0.25, 0.3) is 5.91 Å². The third-order valence-electron chi connectivity index (χ3n) is 8.43. The van der Waals surface area contributed by atoms with Gasteiger partial charge in [0.1, 0.15) is 11.6 Å². The molecule has 1 aromatic carbocycles. The van der Waals surface area contributed by atoms with Crippen LogP contribution in [0.25, 0.3) is 0 Å². The van der Waals surface area contributed by atoms with E-state index in [4.69, 9.17) is 4.74 Å². The maximum absolute atomic E-state index is 14.7. The molecule has 4 rings (SSSR count). The number of likely N-dealkylation sites (tertiary alicyclic amines) is 1. The summed E-state index contributed by atoms with van der Waals surface area (Å²) in [6.07, 6.45) is 3.99. The lowest BCUT2D eigenvalue weighted by Gasteiger charge is -2.39. The standard InChI is InChI=1S/C30H40BrN3O5/c1-7-13-32(14-8-2)27(36)22-23-28(37)34(20(6)17-35)26(30(23)16-21(31)25(22)39-30)29(38)33(15-9-3)24-18(4)11-10-12-19(24)5/h7,9-12,20-23,25-26,35H,1,3,8,13-17H2,2,4-6H3/t20-,21?,22+,23+,25+,26?,30?/m1/s1. The molecule has 212 valence electrons. The molecule has 3 fully saturated rings. The maximum Gasteiger partial charge on any atom is 0.253 e. The summed E-state index contributed by atoms with van der Waals surface area (Å²) < 4.78 is 6.65. The lowest BCUT2D eigenvalue weighted by Crippen LogP contribution is -2.59. The molecule has 3 aliphatic rings. The third-order valence-corrected chi connectivity index (χ3v) is 9.27. The fraction of sp³-hybridized carbons (Fsp3) is 0.567. The number of anilines is 1. The fourth-order valence-electron chi connectivity index (χ4n) is 6.92. The molecule has 3 aliphatic heterocycles. The van der Waals surface area contributed by atoms with Gasteiger partial charge in [-0.1, -0.05) is 53.2 Å². The number of benzene rings is 1. The first-order valence-electron chi connectivity index (χ1n) is 13.7. The van der Waals surface area contributed by atoms with Gasteiger partial charge in [-0.25, -0.2) is 0 Å². The van der Waals surface area contributed by atoms with E-state index in [-0.39, 0.29) is 35.7 Å². The minimum atomic E-state index is -1.20. The second-order valence-corrected chi connectivity index (χ2v) is 12.2. The molecule has 9 heteroatoms. The van der Waals surface area contributed by atoms with Crippen molar-refractivity contribution in [1.82, 2.24) is 9.80 Å². The van der Waals surface area contributed by atoms with Crippen LogP contribution in [0.2, 0.25) is 0 Å². The number of nitrogens with zero attached hydrogens (tertiary/aromatic N) is 3. The van der Waals surface area contributed by atoms with Gasteiger partial charge in [0.2, 0.25) is 11.8 Å². The van der Waals surface area contributed by atoms with Gasteiger partial charge in [-0.05, 0) is 44.7 Å². The van der Waals surface area contributed by atoms with Crippen molar-refractivity contribution < 1.29 is 24.2 Å². The van der Waals surface area contributed by atoms with E-state index >= 15 is 0 Å². The highest BCUT2D eigenvalue weighted by Gasteiger charge is 2.77. The zero-order valence-electron chi connectivity index (χ0n) is 23.3. The van der Waals surface area contributed by atoms with Crippen LogP contribution in [0, 0.1) is 25.7 Å². The summed E-state index contributed by atoms with van der Waals surface area (Å²) in [5.74, 6) is -2.33.